The van der Waals surface area contributed by atoms with Crippen molar-refractivity contribution in [3.63, 3.8) is 0 Å². The van der Waals surface area contributed by atoms with Gasteiger partial charge >= 0.3 is 6.03 Å². The number of rotatable bonds is 12. The summed E-state index contributed by atoms with van der Waals surface area (Å²) in [6.45, 7) is 5.60. The molecule has 1 aromatic rings. The van der Waals surface area contributed by atoms with Gasteiger partial charge in [-0.1, -0.05) is 44.2 Å². The van der Waals surface area contributed by atoms with Crippen molar-refractivity contribution in [3.8, 4) is 0 Å². The molecule has 1 aliphatic carbocycles. The fourth-order valence-corrected chi connectivity index (χ4v) is 4.79. The van der Waals surface area contributed by atoms with E-state index in [1.165, 1.54) is 0 Å². The van der Waals surface area contributed by atoms with Gasteiger partial charge < -0.3 is 20.7 Å². The van der Waals surface area contributed by atoms with Crippen LogP contribution in [0.15, 0.2) is 35.4 Å². The van der Waals surface area contributed by atoms with E-state index in [9.17, 15) is 14.4 Å². The summed E-state index contributed by atoms with van der Waals surface area (Å²) >= 11 is 0. The van der Waals surface area contributed by atoms with Gasteiger partial charge in [0.2, 0.25) is 5.91 Å². The molecule has 36 heavy (non-hydrogen) atoms. The van der Waals surface area contributed by atoms with E-state index in [1.54, 1.807) is 6.21 Å². The third kappa shape index (κ3) is 9.02. The Balaban J connectivity index is 1.31. The molecule has 3 atom stereocenters. The summed E-state index contributed by atoms with van der Waals surface area (Å²) in [4.78, 5) is 36.6. The molecule has 9 heteroatoms. The van der Waals surface area contributed by atoms with Gasteiger partial charge in [-0.2, -0.15) is 5.10 Å². The van der Waals surface area contributed by atoms with E-state index in [2.05, 4.69) is 26.5 Å². The van der Waals surface area contributed by atoms with Gasteiger partial charge in [0.05, 0.1) is 24.8 Å². The maximum atomic E-state index is 12.7. The minimum atomic E-state index is -0.366. The van der Waals surface area contributed by atoms with E-state index in [0.29, 0.717) is 50.7 Å². The van der Waals surface area contributed by atoms with E-state index < -0.39 is 0 Å². The first-order chi connectivity index (χ1) is 17.5. The molecule has 3 amide bonds. The van der Waals surface area contributed by atoms with Crippen molar-refractivity contribution in [3.05, 3.63) is 35.9 Å². The van der Waals surface area contributed by atoms with Crippen molar-refractivity contribution in [2.24, 2.45) is 16.9 Å². The van der Waals surface area contributed by atoms with Gasteiger partial charge in [-0.05, 0) is 50.0 Å². The molecule has 0 spiro atoms. The number of amides is 3. The highest BCUT2D eigenvalue weighted by molar-refractivity contribution is 5.85. The van der Waals surface area contributed by atoms with Crippen molar-refractivity contribution < 1.29 is 19.1 Å². The highest BCUT2D eigenvalue weighted by Gasteiger charge is 2.30. The molecule has 3 rings (SSSR count). The number of hydrazone groups is 1. The molecule has 0 unspecified atom stereocenters. The molecule has 2 fully saturated rings. The predicted octanol–water partition coefficient (Wildman–Crippen LogP) is 2.90. The minimum Gasteiger partial charge on any atom is -0.372 e. The Morgan fingerprint density at radius 3 is 2.58 bits per heavy atom. The second-order valence-electron chi connectivity index (χ2n) is 9.78. The lowest BCUT2D eigenvalue weighted by Gasteiger charge is -2.27. The number of hydrogen-bond donors (Lipinski definition) is 4. The number of ketones is 1. The molecule has 0 aromatic heterocycles. The molecule has 0 bridgehead atoms. The van der Waals surface area contributed by atoms with Gasteiger partial charge in [0.1, 0.15) is 5.78 Å². The summed E-state index contributed by atoms with van der Waals surface area (Å²) in [5, 5.41) is 13.1. The molecule has 0 radical (unpaired) electrons. The van der Waals surface area contributed by atoms with E-state index in [1.807, 2.05) is 44.2 Å². The standard InChI is InChI=1S/C27H41N5O4/c1-3-22(16-30-32-27(35)29-15-19-10-12-21(13-11-19)25(33)4-2)31-26(34)24-14-23(17-28-24)36-18-20-8-6-5-7-9-20/h5-9,16,19,21-24,28H,3-4,10-15,17-18H2,1-2H3,(H,31,34)(H2,29,32,35)/b30-16+/t19?,21?,22-,23+,24-/m0/s1. The van der Waals surface area contributed by atoms with E-state index in [-0.39, 0.29) is 36.0 Å². The lowest BCUT2D eigenvalue weighted by Crippen LogP contribution is -2.46. The van der Waals surface area contributed by atoms with Gasteiger partial charge in [-0.25, -0.2) is 10.2 Å². The van der Waals surface area contributed by atoms with Crippen LogP contribution in [-0.2, 0) is 20.9 Å². The predicted molar refractivity (Wildman–Crippen MR) is 139 cm³/mol. The molecular weight excluding hydrogens is 458 g/mol. The summed E-state index contributed by atoms with van der Waals surface area (Å²) in [5.74, 6) is 0.840. The minimum absolute atomic E-state index is 0.0118. The van der Waals surface area contributed by atoms with Crippen LogP contribution in [0.2, 0.25) is 0 Å². The number of urea groups is 1. The lowest BCUT2D eigenvalue weighted by molar-refractivity contribution is -0.124. The van der Waals surface area contributed by atoms with Gasteiger partial charge in [-0.15, -0.1) is 0 Å². The largest absolute Gasteiger partial charge is 0.372 e. The Kier molecular flexibility index (Phi) is 11.4. The molecule has 1 aliphatic heterocycles. The van der Waals surface area contributed by atoms with Crippen molar-refractivity contribution in [1.29, 1.82) is 0 Å². The van der Waals surface area contributed by atoms with Crippen LogP contribution in [0.5, 0.6) is 0 Å². The Morgan fingerprint density at radius 2 is 1.89 bits per heavy atom. The molecular formula is C27H41N5O4. The molecule has 1 saturated carbocycles. The summed E-state index contributed by atoms with van der Waals surface area (Å²) in [6, 6.07) is 9.02. The van der Waals surface area contributed by atoms with Crippen LogP contribution in [0.4, 0.5) is 4.79 Å². The number of hydrogen-bond acceptors (Lipinski definition) is 6. The lowest BCUT2D eigenvalue weighted by atomic mass is 9.79. The first-order valence-corrected chi connectivity index (χ1v) is 13.3. The second kappa shape index (κ2) is 14.7. The highest BCUT2D eigenvalue weighted by atomic mass is 16.5. The summed E-state index contributed by atoms with van der Waals surface area (Å²) in [5.41, 5.74) is 3.59. The zero-order valence-electron chi connectivity index (χ0n) is 21.5. The van der Waals surface area contributed by atoms with E-state index >= 15 is 0 Å². The first-order valence-electron chi connectivity index (χ1n) is 13.3. The monoisotopic (exact) mass is 499 g/mol. The average Bonchev–Trinajstić information content (AvgIpc) is 3.40. The first kappa shape index (κ1) is 27.8. The summed E-state index contributed by atoms with van der Waals surface area (Å²) in [6.07, 6.45) is 7.14. The fraction of sp³-hybridized carbons (Fsp3) is 0.630. The number of Topliss-reactive ketones (excluding diaryl/α,β-unsaturated/α-hetero) is 1. The van der Waals surface area contributed by atoms with Gasteiger partial charge in [0.15, 0.2) is 0 Å². The van der Waals surface area contributed by atoms with Crippen molar-refractivity contribution in [1.82, 2.24) is 21.4 Å². The van der Waals surface area contributed by atoms with E-state index in [4.69, 9.17) is 4.74 Å². The molecule has 4 N–H and O–H groups in total. The molecule has 198 valence electrons. The number of carbonyl (C=O) groups excluding carboxylic acids is 3. The Hall–Kier alpha value is -2.78. The quantitative estimate of drug-likeness (QED) is 0.260. The van der Waals surface area contributed by atoms with Crippen molar-refractivity contribution >= 4 is 23.9 Å². The zero-order chi connectivity index (χ0) is 25.8. The Labute approximate surface area is 214 Å². The molecule has 1 heterocycles. The third-order valence-corrected chi connectivity index (χ3v) is 7.13. The second-order valence-corrected chi connectivity index (χ2v) is 9.78. The van der Waals surface area contributed by atoms with Crippen LogP contribution in [0, 0.1) is 11.8 Å². The van der Waals surface area contributed by atoms with Crippen LogP contribution in [0.1, 0.15) is 64.4 Å². The Morgan fingerprint density at radius 1 is 1.14 bits per heavy atom. The van der Waals surface area contributed by atoms with Crippen LogP contribution in [0.3, 0.4) is 0 Å². The molecule has 1 saturated heterocycles. The molecule has 2 aliphatic rings. The maximum Gasteiger partial charge on any atom is 0.335 e. The summed E-state index contributed by atoms with van der Waals surface area (Å²) < 4.78 is 5.94. The maximum absolute atomic E-state index is 12.7. The normalized spacial score (nSPS) is 24.8. The van der Waals surface area contributed by atoms with Crippen LogP contribution < -0.4 is 21.4 Å². The van der Waals surface area contributed by atoms with Crippen molar-refractivity contribution in [2.45, 2.75) is 83.6 Å². The highest BCUT2D eigenvalue weighted by Crippen LogP contribution is 2.29. The number of nitrogens with zero attached hydrogens (tertiary/aromatic N) is 1. The van der Waals surface area contributed by atoms with Crippen molar-refractivity contribution in [2.75, 3.05) is 13.1 Å². The smallest absolute Gasteiger partial charge is 0.335 e. The number of benzene rings is 1. The zero-order valence-corrected chi connectivity index (χ0v) is 21.5. The van der Waals surface area contributed by atoms with Gasteiger partial charge in [-0.3, -0.25) is 9.59 Å². The molecule has 9 nitrogen and oxygen atoms in total. The molecule has 1 aromatic carbocycles. The topological polar surface area (TPSA) is 121 Å². The number of ether oxygens (including phenoxy) is 1. The summed E-state index contributed by atoms with van der Waals surface area (Å²) in [7, 11) is 0. The number of nitrogens with one attached hydrogen (secondary N) is 4. The van der Waals surface area contributed by atoms with Crippen LogP contribution in [-0.4, -0.2) is 55.2 Å². The van der Waals surface area contributed by atoms with Crippen LogP contribution >= 0.6 is 0 Å². The third-order valence-electron chi connectivity index (χ3n) is 7.13. The van der Waals surface area contributed by atoms with E-state index in [0.717, 1.165) is 31.2 Å². The van der Waals surface area contributed by atoms with Crippen LogP contribution in [0.25, 0.3) is 0 Å². The van der Waals surface area contributed by atoms with Gasteiger partial charge in [0.25, 0.3) is 0 Å². The van der Waals surface area contributed by atoms with Gasteiger partial charge in [0, 0.05) is 31.6 Å². The number of carbonyl (C=O) groups is 3. The average molecular weight is 500 g/mol. The fourth-order valence-electron chi connectivity index (χ4n) is 4.79. The SMILES string of the molecule is CCC(=O)C1CCC(CNC(=O)N/N=C/[C@H](CC)NC(=O)[C@@H]2C[C@@H](OCc3ccccc3)CN2)CC1. The Bertz CT molecular complexity index is 870.